The van der Waals surface area contributed by atoms with Crippen molar-refractivity contribution in [3.8, 4) is 5.75 Å². The first kappa shape index (κ1) is 22.1. The van der Waals surface area contributed by atoms with Crippen molar-refractivity contribution in [1.29, 1.82) is 0 Å². The van der Waals surface area contributed by atoms with E-state index in [0.29, 0.717) is 37.5 Å². The summed E-state index contributed by atoms with van der Waals surface area (Å²) in [6.07, 6.45) is 2.56. The van der Waals surface area contributed by atoms with E-state index in [4.69, 9.17) is 4.74 Å². The fraction of sp³-hybridized carbons (Fsp3) is 0.440. The number of carbonyl (C=O) groups is 2. The third kappa shape index (κ3) is 3.85. The first-order valence-electron chi connectivity index (χ1n) is 11.4. The number of likely N-dealkylation sites (tertiary alicyclic amines) is 1. The monoisotopic (exact) mass is 468 g/mol. The summed E-state index contributed by atoms with van der Waals surface area (Å²) in [6.45, 7) is 2.17. The number of carbonyl (C=O) groups excluding carboxylic acids is 2. The zero-order valence-electron chi connectivity index (χ0n) is 18.7. The van der Waals surface area contributed by atoms with Gasteiger partial charge in [-0.3, -0.25) is 9.59 Å². The summed E-state index contributed by atoms with van der Waals surface area (Å²) in [4.78, 5) is 27.8. The minimum Gasteiger partial charge on any atom is -0.497 e. The number of rotatable bonds is 4. The maximum atomic E-state index is 13.3. The van der Waals surface area contributed by atoms with Gasteiger partial charge in [0.2, 0.25) is 15.9 Å². The molecule has 3 aliphatic rings. The molecule has 0 saturated carbocycles. The molecule has 2 saturated heterocycles. The molecule has 174 valence electrons. The summed E-state index contributed by atoms with van der Waals surface area (Å²) < 4.78 is 33.0. The lowest BCUT2D eigenvalue weighted by Gasteiger charge is -2.38. The third-order valence-corrected chi connectivity index (χ3v) is 9.43. The standard InChI is InChI=1S/C25H28N2O5S/c1-32-18-5-4-6-19(15-18)33(30,31)27-13-10-25(11-14-27)9-12-26(17-25)24(29)22-16-23(28)21-8-3-2-7-20(21)22/h2-8,15,22H,9-14,16-17H2,1H3. The molecule has 1 aliphatic carbocycles. The van der Waals surface area contributed by atoms with Crippen LogP contribution in [0.3, 0.4) is 0 Å². The molecule has 33 heavy (non-hydrogen) atoms. The number of methoxy groups -OCH3 is 1. The van der Waals surface area contributed by atoms with Crippen LogP contribution < -0.4 is 4.74 Å². The van der Waals surface area contributed by atoms with Gasteiger partial charge in [-0.2, -0.15) is 4.31 Å². The number of hydrogen-bond donors (Lipinski definition) is 0. The Bertz CT molecular complexity index is 1200. The number of Topliss-reactive ketones (excluding diaryl/α,β-unsaturated/α-hetero) is 1. The number of amides is 1. The van der Waals surface area contributed by atoms with Crippen LogP contribution in [0, 0.1) is 5.41 Å². The molecule has 8 heteroatoms. The van der Waals surface area contributed by atoms with Crippen molar-refractivity contribution in [1.82, 2.24) is 9.21 Å². The van der Waals surface area contributed by atoms with Gasteiger partial charge in [0.25, 0.3) is 0 Å². The zero-order valence-corrected chi connectivity index (χ0v) is 19.5. The first-order chi connectivity index (χ1) is 15.8. The van der Waals surface area contributed by atoms with Gasteiger partial charge in [0.05, 0.1) is 17.9 Å². The Labute approximate surface area is 194 Å². The molecular formula is C25H28N2O5S. The summed E-state index contributed by atoms with van der Waals surface area (Å²) >= 11 is 0. The van der Waals surface area contributed by atoms with E-state index in [2.05, 4.69) is 0 Å². The normalized spacial score (nSPS) is 22.5. The van der Waals surface area contributed by atoms with Crippen LogP contribution >= 0.6 is 0 Å². The van der Waals surface area contributed by atoms with Gasteiger partial charge in [-0.05, 0) is 42.4 Å². The summed E-state index contributed by atoms with van der Waals surface area (Å²) in [5.41, 5.74) is 1.45. The van der Waals surface area contributed by atoms with Crippen LogP contribution in [0.1, 0.15) is 47.5 Å². The first-order valence-corrected chi connectivity index (χ1v) is 12.8. The third-order valence-electron chi connectivity index (χ3n) is 7.54. The Hall–Kier alpha value is -2.71. The van der Waals surface area contributed by atoms with Crippen molar-refractivity contribution in [2.45, 2.75) is 36.5 Å². The number of nitrogens with zero attached hydrogens (tertiary/aromatic N) is 2. The number of ketones is 1. The van der Waals surface area contributed by atoms with Gasteiger partial charge in [0.15, 0.2) is 5.78 Å². The largest absolute Gasteiger partial charge is 0.497 e. The second kappa shape index (κ2) is 8.25. The number of hydrogen-bond acceptors (Lipinski definition) is 5. The SMILES string of the molecule is COc1cccc(S(=O)(=O)N2CCC3(CCN(C(=O)C4CC(=O)c5ccccc54)C3)CC2)c1. The smallest absolute Gasteiger partial charge is 0.243 e. The number of piperidine rings is 1. The molecule has 1 unspecified atom stereocenters. The number of ether oxygens (including phenoxy) is 1. The van der Waals surface area contributed by atoms with Gasteiger partial charge in [-0.1, -0.05) is 30.3 Å². The lowest BCUT2D eigenvalue weighted by atomic mass is 9.78. The predicted octanol–water partition coefficient (Wildman–Crippen LogP) is 3.07. The van der Waals surface area contributed by atoms with Crippen LogP contribution in [-0.2, 0) is 14.8 Å². The Balaban J connectivity index is 1.25. The van der Waals surface area contributed by atoms with E-state index in [1.54, 1.807) is 34.6 Å². The molecule has 2 aromatic carbocycles. The molecule has 2 fully saturated rings. The maximum absolute atomic E-state index is 13.3. The zero-order chi connectivity index (χ0) is 23.2. The van der Waals surface area contributed by atoms with E-state index in [1.807, 2.05) is 23.1 Å². The van der Waals surface area contributed by atoms with Crippen LogP contribution in [-0.4, -0.2) is 62.6 Å². The Kier molecular flexibility index (Phi) is 5.53. The topological polar surface area (TPSA) is 84.0 Å². The molecule has 2 aliphatic heterocycles. The maximum Gasteiger partial charge on any atom is 0.243 e. The summed E-state index contributed by atoms with van der Waals surface area (Å²) in [5, 5.41) is 0. The van der Waals surface area contributed by atoms with Crippen LogP contribution in [0.5, 0.6) is 5.75 Å². The van der Waals surface area contributed by atoms with Crippen LogP contribution in [0.2, 0.25) is 0 Å². The van der Waals surface area contributed by atoms with Crippen LogP contribution in [0.25, 0.3) is 0 Å². The molecule has 1 spiro atoms. The molecule has 0 radical (unpaired) electrons. The highest BCUT2D eigenvalue weighted by Crippen LogP contribution is 2.43. The number of benzene rings is 2. The molecule has 0 bridgehead atoms. The minimum absolute atomic E-state index is 0.0246. The van der Waals surface area contributed by atoms with Gasteiger partial charge in [-0.15, -0.1) is 0 Å². The van der Waals surface area contributed by atoms with Crippen molar-refractivity contribution >= 4 is 21.7 Å². The highest BCUT2D eigenvalue weighted by atomic mass is 32.2. The van der Waals surface area contributed by atoms with Crippen LogP contribution in [0.4, 0.5) is 0 Å². The lowest BCUT2D eigenvalue weighted by Crippen LogP contribution is -2.45. The fourth-order valence-corrected chi connectivity index (χ4v) is 7.02. The van der Waals surface area contributed by atoms with Gasteiger partial charge in [0.1, 0.15) is 5.75 Å². The second-order valence-corrected chi connectivity index (χ2v) is 11.3. The molecule has 1 amide bonds. The van der Waals surface area contributed by atoms with Gasteiger partial charge < -0.3 is 9.64 Å². The van der Waals surface area contributed by atoms with Crippen molar-refractivity contribution in [2.75, 3.05) is 33.3 Å². The quantitative estimate of drug-likeness (QED) is 0.689. The van der Waals surface area contributed by atoms with Crippen molar-refractivity contribution in [2.24, 2.45) is 5.41 Å². The molecule has 2 aromatic rings. The van der Waals surface area contributed by atoms with Gasteiger partial charge >= 0.3 is 0 Å². The van der Waals surface area contributed by atoms with Gasteiger partial charge in [0, 0.05) is 44.2 Å². The number of sulfonamides is 1. The minimum atomic E-state index is -3.59. The predicted molar refractivity (Wildman–Crippen MR) is 123 cm³/mol. The average molecular weight is 469 g/mol. The Morgan fingerprint density at radius 1 is 1.03 bits per heavy atom. The second-order valence-electron chi connectivity index (χ2n) is 9.36. The summed E-state index contributed by atoms with van der Waals surface area (Å²) in [7, 11) is -2.07. The van der Waals surface area contributed by atoms with E-state index >= 15 is 0 Å². The molecule has 0 aromatic heterocycles. The molecule has 7 nitrogen and oxygen atoms in total. The molecular weight excluding hydrogens is 440 g/mol. The van der Waals surface area contributed by atoms with Crippen LogP contribution in [0.15, 0.2) is 53.4 Å². The number of fused-ring (bicyclic) bond motifs is 1. The van der Waals surface area contributed by atoms with E-state index in [0.717, 1.165) is 24.8 Å². The molecule has 5 rings (SSSR count). The van der Waals surface area contributed by atoms with E-state index in [9.17, 15) is 18.0 Å². The fourth-order valence-electron chi connectivity index (χ4n) is 5.54. The van der Waals surface area contributed by atoms with Gasteiger partial charge in [-0.25, -0.2) is 8.42 Å². The summed E-state index contributed by atoms with van der Waals surface area (Å²) in [6, 6.07) is 14.0. The highest BCUT2D eigenvalue weighted by molar-refractivity contribution is 7.89. The summed E-state index contributed by atoms with van der Waals surface area (Å²) in [5.74, 6) is 0.185. The lowest BCUT2D eigenvalue weighted by molar-refractivity contribution is -0.132. The van der Waals surface area contributed by atoms with Crippen molar-refractivity contribution in [3.63, 3.8) is 0 Å². The van der Waals surface area contributed by atoms with E-state index in [1.165, 1.54) is 7.11 Å². The average Bonchev–Trinajstić information content (AvgIpc) is 3.40. The van der Waals surface area contributed by atoms with Crippen molar-refractivity contribution in [3.05, 3.63) is 59.7 Å². The Morgan fingerprint density at radius 2 is 1.76 bits per heavy atom. The van der Waals surface area contributed by atoms with E-state index < -0.39 is 15.9 Å². The van der Waals surface area contributed by atoms with E-state index in [-0.39, 0.29) is 28.4 Å². The molecule has 1 atom stereocenters. The van der Waals surface area contributed by atoms with Crippen molar-refractivity contribution < 1.29 is 22.7 Å². The molecule has 2 heterocycles. The Morgan fingerprint density at radius 3 is 2.52 bits per heavy atom. The highest BCUT2D eigenvalue weighted by Gasteiger charge is 2.46. The molecule has 0 N–H and O–H groups in total.